The molecule has 164 valence electrons. The van der Waals surface area contributed by atoms with E-state index in [4.69, 9.17) is 0 Å². The van der Waals surface area contributed by atoms with Gasteiger partial charge in [0, 0.05) is 44.4 Å². The number of pyridine rings is 2. The third kappa shape index (κ3) is 4.18. The van der Waals surface area contributed by atoms with Gasteiger partial charge < -0.3 is 19.7 Å². The lowest BCUT2D eigenvalue weighted by Gasteiger charge is -2.33. The number of carbonyl (C=O) groups excluding carboxylic acids is 2. The summed E-state index contributed by atoms with van der Waals surface area (Å²) in [7, 11) is 0. The summed E-state index contributed by atoms with van der Waals surface area (Å²) in [6, 6.07) is 7.39. The van der Waals surface area contributed by atoms with Gasteiger partial charge in [-0.2, -0.15) is 0 Å². The van der Waals surface area contributed by atoms with Crippen LogP contribution in [0.1, 0.15) is 28.9 Å². The molecule has 0 aromatic carbocycles. The average molecular weight is 432 g/mol. The molecule has 9 heteroatoms. The normalized spacial score (nSPS) is 18.2. The number of hydrogen-bond donors (Lipinski definition) is 1. The molecule has 1 N–H and O–H groups in total. The molecule has 2 amide bonds. The van der Waals surface area contributed by atoms with Crippen molar-refractivity contribution < 1.29 is 9.59 Å². The fraction of sp³-hybridized carbons (Fsp3) is 0.348. The molecule has 9 nitrogen and oxygen atoms in total. The Hall–Kier alpha value is -3.75. The number of anilines is 2. The fourth-order valence-electron chi connectivity index (χ4n) is 4.40. The first-order valence-corrected chi connectivity index (χ1v) is 10.9. The molecule has 5 rings (SSSR count). The number of fused-ring (bicyclic) bond motifs is 1. The first-order valence-electron chi connectivity index (χ1n) is 10.9. The molecular weight excluding hydrogens is 406 g/mol. The number of hydrogen-bond acceptors (Lipinski definition) is 6. The monoisotopic (exact) mass is 431 g/mol. The van der Waals surface area contributed by atoms with Crippen molar-refractivity contribution in [3.8, 4) is 0 Å². The highest BCUT2D eigenvalue weighted by molar-refractivity contribution is 6.04. The Labute approximate surface area is 186 Å². The Bertz CT molecular complexity index is 1100. The summed E-state index contributed by atoms with van der Waals surface area (Å²) >= 11 is 0. The number of rotatable bonds is 5. The Morgan fingerprint density at radius 3 is 2.97 bits per heavy atom. The van der Waals surface area contributed by atoms with Crippen LogP contribution in [0, 0.1) is 5.92 Å². The smallest absolute Gasteiger partial charge is 0.255 e. The van der Waals surface area contributed by atoms with E-state index in [2.05, 4.69) is 24.8 Å². The van der Waals surface area contributed by atoms with Gasteiger partial charge in [-0.3, -0.25) is 14.6 Å². The largest absolute Gasteiger partial charge is 0.359 e. The molecule has 1 fully saturated rings. The van der Waals surface area contributed by atoms with Crippen molar-refractivity contribution >= 4 is 23.3 Å². The van der Waals surface area contributed by atoms with Crippen molar-refractivity contribution in [3.63, 3.8) is 0 Å². The molecule has 0 spiro atoms. The van der Waals surface area contributed by atoms with Crippen molar-refractivity contribution in [3.05, 3.63) is 66.6 Å². The molecule has 0 aliphatic carbocycles. The molecule has 32 heavy (non-hydrogen) atoms. The van der Waals surface area contributed by atoms with Gasteiger partial charge in [0.2, 0.25) is 5.91 Å². The summed E-state index contributed by atoms with van der Waals surface area (Å²) < 4.78 is 2.06. The van der Waals surface area contributed by atoms with Crippen LogP contribution in [-0.2, 0) is 17.9 Å². The van der Waals surface area contributed by atoms with Crippen LogP contribution >= 0.6 is 0 Å². The number of nitrogens with one attached hydrogen (secondary N) is 1. The van der Waals surface area contributed by atoms with Crippen LogP contribution in [0.4, 0.5) is 11.5 Å². The van der Waals surface area contributed by atoms with E-state index in [1.807, 2.05) is 35.6 Å². The number of nitrogens with zero attached hydrogens (tertiary/aromatic N) is 6. The number of imidazole rings is 1. The predicted octanol–water partition coefficient (Wildman–Crippen LogP) is 2.18. The first-order chi connectivity index (χ1) is 15.7. The quantitative estimate of drug-likeness (QED) is 0.665. The van der Waals surface area contributed by atoms with E-state index in [0.29, 0.717) is 36.1 Å². The van der Waals surface area contributed by atoms with Crippen molar-refractivity contribution in [1.29, 1.82) is 0 Å². The van der Waals surface area contributed by atoms with E-state index >= 15 is 0 Å². The molecule has 5 heterocycles. The molecule has 0 radical (unpaired) electrons. The third-order valence-corrected chi connectivity index (χ3v) is 5.99. The van der Waals surface area contributed by atoms with Crippen LogP contribution in [-0.4, -0.2) is 55.9 Å². The summed E-state index contributed by atoms with van der Waals surface area (Å²) in [5, 5.41) is 3.05. The maximum Gasteiger partial charge on any atom is 0.255 e. The van der Waals surface area contributed by atoms with Gasteiger partial charge in [0.1, 0.15) is 0 Å². The Morgan fingerprint density at radius 1 is 1.22 bits per heavy atom. The van der Waals surface area contributed by atoms with Gasteiger partial charge in [-0.15, -0.1) is 0 Å². The van der Waals surface area contributed by atoms with Crippen LogP contribution in [0.25, 0.3) is 0 Å². The Balaban J connectivity index is 1.35. The molecule has 3 aromatic rings. The number of aromatic nitrogens is 4. The molecule has 1 atom stereocenters. The van der Waals surface area contributed by atoms with E-state index in [-0.39, 0.29) is 18.4 Å². The molecular formula is C23H25N7O2. The minimum Gasteiger partial charge on any atom is -0.359 e. The van der Waals surface area contributed by atoms with E-state index < -0.39 is 0 Å². The second-order valence-corrected chi connectivity index (χ2v) is 8.27. The highest BCUT2D eigenvalue weighted by atomic mass is 16.2. The van der Waals surface area contributed by atoms with Crippen molar-refractivity contribution in [2.75, 3.05) is 29.9 Å². The molecule has 3 aromatic heterocycles. The van der Waals surface area contributed by atoms with Crippen LogP contribution in [0.15, 0.2) is 55.4 Å². The average Bonchev–Trinajstić information content (AvgIpc) is 3.34. The maximum atomic E-state index is 13.3. The lowest BCUT2D eigenvalue weighted by atomic mass is 9.97. The van der Waals surface area contributed by atoms with Crippen molar-refractivity contribution in [2.45, 2.75) is 25.9 Å². The van der Waals surface area contributed by atoms with Gasteiger partial charge in [-0.25, -0.2) is 9.97 Å². The van der Waals surface area contributed by atoms with Crippen molar-refractivity contribution in [2.24, 2.45) is 5.92 Å². The Kier molecular flexibility index (Phi) is 5.53. The number of likely N-dealkylation sites (tertiary alicyclic amines) is 1. The van der Waals surface area contributed by atoms with E-state index in [1.165, 1.54) is 0 Å². The molecule has 2 aliphatic rings. The van der Waals surface area contributed by atoms with E-state index in [1.54, 1.807) is 29.6 Å². The number of carbonyl (C=O) groups is 2. The summed E-state index contributed by atoms with van der Waals surface area (Å²) in [6.45, 7) is 2.78. The van der Waals surface area contributed by atoms with Crippen LogP contribution in [0.2, 0.25) is 0 Å². The first kappa shape index (κ1) is 20.2. The molecule has 1 saturated heterocycles. The zero-order valence-corrected chi connectivity index (χ0v) is 17.7. The van der Waals surface area contributed by atoms with E-state index in [9.17, 15) is 9.59 Å². The SMILES string of the molecule is O=C(c1cnc2c(c1)N(Cc1ccccn1)C(=O)CN2)N1CCCC(Cn2ccnc2)C1. The number of amides is 2. The summed E-state index contributed by atoms with van der Waals surface area (Å²) in [5.41, 5.74) is 1.89. The second kappa shape index (κ2) is 8.78. The van der Waals surface area contributed by atoms with Gasteiger partial charge in [0.25, 0.3) is 5.91 Å². The van der Waals surface area contributed by atoms with Gasteiger partial charge in [0.05, 0.1) is 36.4 Å². The minimum absolute atomic E-state index is 0.0496. The van der Waals surface area contributed by atoms with Gasteiger partial charge in [0.15, 0.2) is 5.82 Å². The lowest BCUT2D eigenvalue weighted by molar-refractivity contribution is -0.117. The molecule has 0 saturated carbocycles. The van der Waals surface area contributed by atoms with E-state index in [0.717, 1.165) is 31.6 Å². The molecule has 0 bridgehead atoms. The van der Waals surface area contributed by atoms with Crippen LogP contribution in [0.3, 0.4) is 0 Å². The maximum absolute atomic E-state index is 13.3. The summed E-state index contributed by atoms with van der Waals surface area (Å²) in [5.74, 6) is 0.865. The standard InChI is InChI=1S/C23H25N7O2/c31-21-12-27-22-20(30(21)15-19-5-1-2-6-25-19)10-18(11-26-22)23(32)29-8-3-4-17(14-29)13-28-9-7-24-16-28/h1-2,5-7,9-11,16-17H,3-4,8,12-15H2,(H,26,27). The highest BCUT2D eigenvalue weighted by Gasteiger charge is 2.29. The topological polar surface area (TPSA) is 96.2 Å². The fourth-order valence-corrected chi connectivity index (χ4v) is 4.40. The third-order valence-electron chi connectivity index (χ3n) is 5.99. The molecule has 1 unspecified atom stereocenters. The van der Waals surface area contributed by atoms with Gasteiger partial charge in [-0.05, 0) is 37.0 Å². The van der Waals surface area contributed by atoms with Crippen molar-refractivity contribution in [1.82, 2.24) is 24.4 Å². The van der Waals surface area contributed by atoms with Gasteiger partial charge >= 0.3 is 0 Å². The molecule has 2 aliphatic heterocycles. The Morgan fingerprint density at radius 2 is 2.16 bits per heavy atom. The zero-order chi connectivity index (χ0) is 21.9. The summed E-state index contributed by atoms with van der Waals surface area (Å²) in [4.78, 5) is 42.4. The minimum atomic E-state index is -0.0760. The number of piperidine rings is 1. The van der Waals surface area contributed by atoms with Crippen LogP contribution < -0.4 is 10.2 Å². The lowest BCUT2D eigenvalue weighted by Crippen LogP contribution is -2.42. The highest BCUT2D eigenvalue weighted by Crippen LogP contribution is 2.30. The zero-order valence-electron chi connectivity index (χ0n) is 17.7. The summed E-state index contributed by atoms with van der Waals surface area (Å²) in [6.07, 6.45) is 10.9. The van der Waals surface area contributed by atoms with Gasteiger partial charge in [-0.1, -0.05) is 6.07 Å². The predicted molar refractivity (Wildman–Crippen MR) is 119 cm³/mol. The second-order valence-electron chi connectivity index (χ2n) is 8.27. The van der Waals surface area contributed by atoms with Crippen LogP contribution in [0.5, 0.6) is 0 Å².